The summed E-state index contributed by atoms with van der Waals surface area (Å²) in [4.78, 5) is 16.3. The van der Waals surface area contributed by atoms with E-state index in [-0.39, 0.29) is 12.5 Å². The van der Waals surface area contributed by atoms with Crippen LogP contribution in [-0.4, -0.2) is 45.6 Å². The average molecular weight is 471 g/mol. The molecule has 2 heterocycles. The highest BCUT2D eigenvalue weighted by atomic mass is 32.2. The normalized spacial score (nSPS) is 12.5. The fraction of sp³-hybridized carbons (Fsp3) is 0.294. The van der Waals surface area contributed by atoms with Gasteiger partial charge in [-0.1, -0.05) is 11.8 Å². The van der Waals surface area contributed by atoms with E-state index in [9.17, 15) is 17.6 Å². The molecule has 1 atom stereocenters. The Morgan fingerprint density at radius 3 is 2.63 bits per heavy atom. The minimum absolute atomic E-state index is 0.0891. The molecular formula is C17H19FN6O3S3. The van der Waals surface area contributed by atoms with E-state index in [0.717, 1.165) is 10.6 Å². The molecule has 0 radical (unpaired) electrons. The third-order valence-corrected chi connectivity index (χ3v) is 7.00. The van der Waals surface area contributed by atoms with E-state index in [2.05, 4.69) is 20.5 Å². The molecule has 9 nitrogen and oxygen atoms in total. The van der Waals surface area contributed by atoms with Gasteiger partial charge in [0.15, 0.2) is 16.1 Å². The summed E-state index contributed by atoms with van der Waals surface area (Å²) in [7, 11) is -1.96. The number of hydrogen-bond acceptors (Lipinski definition) is 8. The lowest BCUT2D eigenvalue weighted by molar-refractivity contribution is -0.115. The first-order valence-corrected chi connectivity index (χ1v) is 12.2. The van der Waals surface area contributed by atoms with Gasteiger partial charge in [0, 0.05) is 18.6 Å². The number of amides is 1. The molecule has 1 aromatic carbocycles. The van der Waals surface area contributed by atoms with Crippen LogP contribution in [0.4, 0.5) is 15.2 Å². The quantitative estimate of drug-likeness (QED) is 0.504. The van der Waals surface area contributed by atoms with Crippen LogP contribution in [-0.2, 0) is 28.4 Å². The lowest BCUT2D eigenvalue weighted by Gasteiger charge is -2.21. The van der Waals surface area contributed by atoms with Crippen LogP contribution < -0.4 is 9.62 Å². The van der Waals surface area contributed by atoms with Crippen molar-refractivity contribution in [2.45, 2.75) is 23.9 Å². The van der Waals surface area contributed by atoms with Gasteiger partial charge in [-0.05, 0) is 31.2 Å². The molecule has 0 fully saturated rings. The number of aromatic nitrogens is 4. The maximum Gasteiger partial charge on any atom is 0.239 e. The summed E-state index contributed by atoms with van der Waals surface area (Å²) in [6.45, 7) is 1.64. The topological polar surface area (TPSA) is 110 Å². The van der Waals surface area contributed by atoms with E-state index in [1.165, 1.54) is 47.4 Å². The molecule has 0 saturated carbocycles. The third kappa shape index (κ3) is 5.34. The number of nitrogens with zero attached hydrogens (tertiary/aromatic N) is 5. The molecule has 0 spiro atoms. The van der Waals surface area contributed by atoms with Crippen LogP contribution >= 0.6 is 23.1 Å². The van der Waals surface area contributed by atoms with Gasteiger partial charge in [0.2, 0.25) is 15.9 Å². The second kappa shape index (κ2) is 9.10. The fourth-order valence-electron chi connectivity index (χ4n) is 2.43. The first kappa shape index (κ1) is 22.2. The summed E-state index contributed by atoms with van der Waals surface area (Å²) in [6.07, 6.45) is 2.66. The number of anilines is 2. The van der Waals surface area contributed by atoms with Gasteiger partial charge in [-0.3, -0.25) is 9.10 Å². The second-order valence-corrected chi connectivity index (χ2v) is 10.4. The average Bonchev–Trinajstić information content (AvgIpc) is 3.30. The van der Waals surface area contributed by atoms with Gasteiger partial charge in [0.1, 0.15) is 5.82 Å². The van der Waals surface area contributed by atoms with Crippen molar-refractivity contribution in [2.24, 2.45) is 7.05 Å². The highest BCUT2D eigenvalue weighted by Crippen LogP contribution is 2.25. The summed E-state index contributed by atoms with van der Waals surface area (Å²) in [5, 5.41) is 13.1. The van der Waals surface area contributed by atoms with Gasteiger partial charge < -0.3 is 9.88 Å². The zero-order valence-corrected chi connectivity index (χ0v) is 18.8. The maximum atomic E-state index is 13.2. The van der Waals surface area contributed by atoms with E-state index >= 15 is 0 Å². The molecular weight excluding hydrogens is 451 g/mol. The zero-order chi connectivity index (χ0) is 21.9. The minimum Gasteiger partial charge on any atom is -0.308 e. The molecule has 0 unspecified atom stereocenters. The number of benzene rings is 1. The van der Waals surface area contributed by atoms with Crippen molar-refractivity contribution in [1.29, 1.82) is 0 Å². The Balaban J connectivity index is 1.74. The van der Waals surface area contributed by atoms with Crippen molar-refractivity contribution in [3.05, 3.63) is 47.5 Å². The number of sulfonamides is 1. The number of hydrogen-bond donors (Lipinski definition) is 1. The number of thioether (sulfide) groups is 1. The molecule has 0 bridgehead atoms. The monoisotopic (exact) mass is 470 g/mol. The van der Waals surface area contributed by atoms with E-state index in [0.29, 0.717) is 21.8 Å². The van der Waals surface area contributed by atoms with Crippen LogP contribution in [0.1, 0.15) is 12.7 Å². The van der Waals surface area contributed by atoms with Gasteiger partial charge >= 0.3 is 0 Å². The van der Waals surface area contributed by atoms with E-state index in [1.54, 1.807) is 30.1 Å². The Morgan fingerprint density at radius 1 is 1.33 bits per heavy atom. The molecule has 13 heteroatoms. The molecule has 0 aliphatic rings. The Morgan fingerprint density at radius 2 is 2.03 bits per heavy atom. The van der Waals surface area contributed by atoms with Crippen LogP contribution in [0.5, 0.6) is 0 Å². The highest BCUT2D eigenvalue weighted by molar-refractivity contribution is 8.00. The fourth-order valence-corrected chi connectivity index (χ4v) is 4.65. The first-order chi connectivity index (χ1) is 14.1. The lowest BCUT2D eigenvalue weighted by atomic mass is 10.3. The van der Waals surface area contributed by atoms with Crippen molar-refractivity contribution in [2.75, 3.05) is 15.9 Å². The van der Waals surface area contributed by atoms with Gasteiger partial charge in [-0.15, -0.1) is 21.5 Å². The van der Waals surface area contributed by atoms with Gasteiger partial charge in [0.25, 0.3) is 0 Å². The van der Waals surface area contributed by atoms with Crippen LogP contribution in [0.15, 0.2) is 41.0 Å². The Hall–Kier alpha value is -2.51. The highest BCUT2D eigenvalue weighted by Gasteiger charge is 2.23. The van der Waals surface area contributed by atoms with Crippen molar-refractivity contribution in [3.63, 3.8) is 0 Å². The van der Waals surface area contributed by atoms with Gasteiger partial charge in [-0.2, -0.15) is 0 Å². The number of rotatable bonds is 8. The van der Waals surface area contributed by atoms with Crippen LogP contribution in [0.2, 0.25) is 0 Å². The van der Waals surface area contributed by atoms with Gasteiger partial charge in [0.05, 0.1) is 23.7 Å². The summed E-state index contributed by atoms with van der Waals surface area (Å²) in [5.41, 5.74) is 0.312. The maximum absolute atomic E-state index is 13.2. The van der Waals surface area contributed by atoms with Crippen LogP contribution in [0, 0.1) is 5.82 Å². The second-order valence-electron chi connectivity index (χ2n) is 6.29. The van der Waals surface area contributed by atoms with Crippen molar-refractivity contribution in [3.8, 4) is 0 Å². The summed E-state index contributed by atoms with van der Waals surface area (Å²) in [6, 6.07) is 5.14. The standard InChI is InChI=1S/C17H19FN6O3S3/c1-11(15(25)20-16-19-8-9-28-16)29-17-22-21-14(23(17)2)10-24(30(3,26)27)13-6-4-12(18)5-7-13/h4-9,11H,10H2,1-3H3,(H,19,20,25)/t11-/m1/s1. The van der Waals surface area contributed by atoms with Crippen molar-refractivity contribution >= 4 is 49.8 Å². The van der Waals surface area contributed by atoms with E-state index in [1.807, 2.05) is 0 Å². The van der Waals surface area contributed by atoms with E-state index < -0.39 is 21.1 Å². The predicted octanol–water partition coefficient (Wildman–Crippen LogP) is 2.50. The Labute approximate surface area is 181 Å². The predicted molar refractivity (Wildman–Crippen MR) is 114 cm³/mol. The molecule has 3 aromatic rings. The molecule has 2 aromatic heterocycles. The number of thiazole rings is 1. The SMILES string of the molecule is C[C@@H](Sc1nnc(CN(c2ccc(F)cc2)S(C)(=O)=O)n1C)C(=O)Nc1nccs1. The Kier molecular flexibility index (Phi) is 6.73. The van der Waals surface area contributed by atoms with Crippen molar-refractivity contribution < 1.29 is 17.6 Å². The molecule has 1 N–H and O–H groups in total. The summed E-state index contributed by atoms with van der Waals surface area (Å²) < 4.78 is 40.5. The van der Waals surface area contributed by atoms with Crippen LogP contribution in [0.3, 0.4) is 0 Å². The molecule has 160 valence electrons. The molecule has 0 aliphatic carbocycles. The largest absolute Gasteiger partial charge is 0.308 e. The number of carbonyl (C=O) groups excluding carboxylic acids is 1. The summed E-state index contributed by atoms with van der Waals surface area (Å²) >= 11 is 2.51. The molecule has 0 saturated heterocycles. The first-order valence-electron chi connectivity index (χ1n) is 8.63. The molecule has 3 rings (SSSR count). The van der Waals surface area contributed by atoms with Gasteiger partial charge in [-0.25, -0.2) is 17.8 Å². The smallest absolute Gasteiger partial charge is 0.239 e. The number of carbonyl (C=O) groups is 1. The zero-order valence-electron chi connectivity index (χ0n) is 16.3. The third-order valence-electron chi connectivity index (χ3n) is 4.04. The lowest BCUT2D eigenvalue weighted by Crippen LogP contribution is -2.30. The Bertz CT molecular complexity index is 1120. The number of halogens is 1. The molecule has 1 amide bonds. The summed E-state index contributed by atoms with van der Waals surface area (Å²) in [5.74, 6) is -0.321. The van der Waals surface area contributed by atoms with E-state index in [4.69, 9.17) is 0 Å². The molecule has 0 aliphatic heterocycles. The number of nitrogens with one attached hydrogen (secondary N) is 1. The molecule has 30 heavy (non-hydrogen) atoms. The van der Waals surface area contributed by atoms with Crippen molar-refractivity contribution in [1.82, 2.24) is 19.7 Å². The minimum atomic E-state index is -3.65. The van der Waals surface area contributed by atoms with Crippen LogP contribution in [0.25, 0.3) is 0 Å².